The molecule has 0 fully saturated rings. The Labute approximate surface area is 74.3 Å². The van der Waals surface area contributed by atoms with Crippen molar-refractivity contribution in [3.05, 3.63) is 0 Å². The van der Waals surface area contributed by atoms with Crippen LogP contribution in [0.2, 0.25) is 0 Å². The number of hydrogen-bond acceptors (Lipinski definition) is 4. The molecule has 0 saturated carbocycles. The number of methoxy groups -OCH3 is 1. The minimum Gasteiger partial charge on any atom is -0.395 e. The van der Waals surface area contributed by atoms with E-state index in [-0.39, 0.29) is 12.6 Å². The second kappa shape index (κ2) is 7.49. The van der Waals surface area contributed by atoms with Gasteiger partial charge in [0.15, 0.2) is 0 Å². The van der Waals surface area contributed by atoms with Crippen molar-refractivity contribution in [1.29, 1.82) is 0 Å². The minimum absolute atomic E-state index is 0.0851. The van der Waals surface area contributed by atoms with E-state index in [1.807, 2.05) is 7.05 Å². The number of ether oxygens (including phenoxy) is 1. The van der Waals surface area contributed by atoms with E-state index in [0.29, 0.717) is 6.54 Å². The van der Waals surface area contributed by atoms with Gasteiger partial charge in [-0.05, 0) is 13.5 Å². The Kier molecular flexibility index (Phi) is 7.39. The molecule has 12 heavy (non-hydrogen) atoms. The molecule has 0 spiro atoms. The molecule has 0 saturated heterocycles. The lowest BCUT2D eigenvalue weighted by atomic mass is 10.2. The molecule has 4 heteroatoms. The third-order valence-electron chi connectivity index (χ3n) is 1.97. The molecule has 0 aromatic carbocycles. The van der Waals surface area contributed by atoms with Gasteiger partial charge in [-0.1, -0.05) is 0 Å². The molecule has 1 unspecified atom stereocenters. The van der Waals surface area contributed by atoms with Gasteiger partial charge in [-0.3, -0.25) is 4.90 Å². The first kappa shape index (κ1) is 11.8. The fraction of sp³-hybridized carbons (Fsp3) is 1.00. The minimum atomic E-state index is 0.0851. The van der Waals surface area contributed by atoms with Crippen molar-refractivity contribution in [1.82, 2.24) is 4.90 Å². The highest BCUT2D eigenvalue weighted by Gasteiger charge is 2.10. The molecule has 0 heterocycles. The maximum Gasteiger partial charge on any atom is 0.0599 e. The van der Waals surface area contributed by atoms with Gasteiger partial charge >= 0.3 is 0 Å². The van der Waals surface area contributed by atoms with E-state index in [1.54, 1.807) is 7.11 Å². The second-order valence-electron chi connectivity index (χ2n) is 2.90. The standard InChI is InChI=1S/C8H20N2O2/c1-10(4-3-5-12-2)8(6-9)7-11/h8,11H,3-7,9H2,1-2H3. The predicted molar refractivity (Wildman–Crippen MR) is 49.1 cm³/mol. The third-order valence-corrected chi connectivity index (χ3v) is 1.97. The van der Waals surface area contributed by atoms with Crippen LogP contribution in [0.3, 0.4) is 0 Å². The first-order valence-electron chi connectivity index (χ1n) is 4.26. The van der Waals surface area contributed by atoms with Crippen molar-refractivity contribution >= 4 is 0 Å². The summed E-state index contributed by atoms with van der Waals surface area (Å²) in [5.41, 5.74) is 5.46. The van der Waals surface area contributed by atoms with Crippen LogP contribution in [0, 0.1) is 0 Å². The van der Waals surface area contributed by atoms with Gasteiger partial charge in [-0.25, -0.2) is 0 Å². The summed E-state index contributed by atoms with van der Waals surface area (Å²) >= 11 is 0. The van der Waals surface area contributed by atoms with Crippen molar-refractivity contribution in [2.24, 2.45) is 5.73 Å². The second-order valence-corrected chi connectivity index (χ2v) is 2.90. The molecule has 0 aliphatic heterocycles. The summed E-state index contributed by atoms with van der Waals surface area (Å²) in [6.45, 7) is 2.29. The maximum absolute atomic E-state index is 8.90. The third kappa shape index (κ3) is 4.66. The van der Waals surface area contributed by atoms with Gasteiger partial charge in [-0.2, -0.15) is 0 Å². The molecule has 0 aliphatic carbocycles. The highest BCUT2D eigenvalue weighted by molar-refractivity contribution is 4.67. The SMILES string of the molecule is COCCCN(C)C(CN)CO. The number of hydrogen-bond donors (Lipinski definition) is 2. The fourth-order valence-electron chi connectivity index (χ4n) is 1.03. The van der Waals surface area contributed by atoms with E-state index in [2.05, 4.69) is 4.90 Å². The summed E-state index contributed by atoms with van der Waals surface area (Å²) in [6, 6.07) is 0.0851. The van der Waals surface area contributed by atoms with Crippen molar-refractivity contribution in [2.45, 2.75) is 12.5 Å². The first-order chi connectivity index (χ1) is 5.76. The summed E-state index contributed by atoms with van der Waals surface area (Å²) in [5.74, 6) is 0. The van der Waals surface area contributed by atoms with Crippen LogP contribution in [0.4, 0.5) is 0 Å². The van der Waals surface area contributed by atoms with Crippen molar-refractivity contribution in [3.63, 3.8) is 0 Å². The Morgan fingerprint density at radius 2 is 2.25 bits per heavy atom. The van der Waals surface area contributed by atoms with Crippen molar-refractivity contribution in [2.75, 3.05) is 40.5 Å². The number of nitrogens with zero attached hydrogens (tertiary/aromatic N) is 1. The van der Waals surface area contributed by atoms with E-state index in [4.69, 9.17) is 15.6 Å². The zero-order valence-corrected chi connectivity index (χ0v) is 7.99. The van der Waals surface area contributed by atoms with Crippen LogP contribution < -0.4 is 5.73 Å². The van der Waals surface area contributed by atoms with Crippen LogP contribution in [0.1, 0.15) is 6.42 Å². The average molecular weight is 176 g/mol. The highest BCUT2D eigenvalue weighted by atomic mass is 16.5. The summed E-state index contributed by atoms with van der Waals surface area (Å²) in [6.07, 6.45) is 0.976. The first-order valence-corrected chi connectivity index (χ1v) is 4.26. The maximum atomic E-state index is 8.90. The van der Waals surface area contributed by atoms with Gasteiger partial charge in [0, 0.05) is 32.8 Å². The fourth-order valence-corrected chi connectivity index (χ4v) is 1.03. The molecular weight excluding hydrogens is 156 g/mol. The molecule has 0 bridgehead atoms. The molecule has 0 aromatic rings. The van der Waals surface area contributed by atoms with Crippen LogP contribution >= 0.6 is 0 Å². The zero-order valence-electron chi connectivity index (χ0n) is 7.99. The van der Waals surface area contributed by atoms with Crippen molar-refractivity contribution < 1.29 is 9.84 Å². The Hall–Kier alpha value is -0.160. The monoisotopic (exact) mass is 176 g/mol. The van der Waals surface area contributed by atoms with E-state index < -0.39 is 0 Å². The Morgan fingerprint density at radius 3 is 2.67 bits per heavy atom. The molecule has 0 aromatic heterocycles. The number of likely N-dealkylation sites (N-methyl/N-ethyl adjacent to an activating group) is 1. The number of nitrogens with two attached hydrogens (primary N) is 1. The smallest absolute Gasteiger partial charge is 0.0599 e. The molecule has 0 radical (unpaired) electrons. The summed E-state index contributed by atoms with van der Waals surface area (Å²) in [7, 11) is 3.65. The molecule has 4 nitrogen and oxygen atoms in total. The van der Waals surface area contributed by atoms with Gasteiger partial charge in [0.25, 0.3) is 0 Å². The Morgan fingerprint density at radius 1 is 1.58 bits per heavy atom. The average Bonchev–Trinajstić information content (AvgIpc) is 2.07. The van der Waals surface area contributed by atoms with Gasteiger partial charge in [0.2, 0.25) is 0 Å². The molecule has 74 valence electrons. The van der Waals surface area contributed by atoms with E-state index >= 15 is 0 Å². The zero-order chi connectivity index (χ0) is 9.40. The normalized spacial score (nSPS) is 13.8. The van der Waals surface area contributed by atoms with Crippen LogP contribution in [0.15, 0.2) is 0 Å². The predicted octanol–water partition coefficient (Wildman–Crippen LogP) is -0.726. The quantitative estimate of drug-likeness (QED) is 0.502. The van der Waals surface area contributed by atoms with E-state index in [0.717, 1.165) is 19.6 Å². The van der Waals surface area contributed by atoms with Crippen LogP contribution in [-0.4, -0.2) is 56.5 Å². The molecule has 1 atom stereocenters. The Bertz CT molecular complexity index is 97.1. The number of rotatable bonds is 7. The van der Waals surface area contributed by atoms with E-state index in [1.165, 1.54) is 0 Å². The van der Waals surface area contributed by atoms with Crippen LogP contribution in [0.25, 0.3) is 0 Å². The lowest BCUT2D eigenvalue weighted by Crippen LogP contribution is -2.41. The molecule has 0 rings (SSSR count). The van der Waals surface area contributed by atoms with Crippen LogP contribution in [-0.2, 0) is 4.74 Å². The molecular formula is C8H20N2O2. The molecule has 0 aliphatic rings. The molecule has 3 N–H and O–H groups in total. The van der Waals surface area contributed by atoms with Gasteiger partial charge in [0.05, 0.1) is 6.61 Å². The summed E-state index contributed by atoms with van der Waals surface area (Å²) < 4.78 is 4.92. The van der Waals surface area contributed by atoms with Gasteiger partial charge < -0.3 is 15.6 Å². The number of aliphatic hydroxyl groups is 1. The summed E-state index contributed by atoms with van der Waals surface area (Å²) in [5, 5.41) is 8.90. The van der Waals surface area contributed by atoms with Crippen LogP contribution in [0.5, 0.6) is 0 Å². The van der Waals surface area contributed by atoms with Gasteiger partial charge in [0.1, 0.15) is 0 Å². The van der Waals surface area contributed by atoms with Crippen molar-refractivity contribution in [3.8, 4) is 0 Å². The lowest BCUT2D eigenvalue weighted by molar-refractivity contribution is 0.131. The lowest BCUT2D eigenvalue weighted by Gasteiger charge is -2.24. The van der Waals surface area contributed by atoms with E-state index in [9.17, 15) is 0 Å². The largest absolute Gasteiger partial charge is 0.395 e. The highest BCUT2D eigenvalue weighted by Crippen LogP contribution is 1.95. The summed E-state index contributed by atoms with van der Waals surface area (Å²) in [4.78, 5) is 2.05. The number of aliphatic hydroxyl groups excluding tert-OH is 1. The topological polar surface area (TPSA) is 58.7 Å². The molecule has 0 amide bonds. The Balaban J connectivity index is 3.47. The van der Waals surface area contributed by atoms with Gasteiger partial charge in [-0.15, -0.1) is 0 Å².